The normalized spacial score (nSPS) is 16.7. The van der Waals surface area contributed by atoms with Crippen LogP contribution in [0.5, 0.6) is 0 Å². The lowest BCUT2D eigenvalue weighted by molar-refractivity contribution is -0.154. The van der Waals surface area contributed by atoms with E-state index in [1.165, 1.54) is 0 Å². The van der Waals surface area contributed by atoms with E-state index in [1.807, 2.05) is 52.0 Å². The number of benzene rings is 1. The molecule has 184 valence electrons. The molecular weight excluding hydrogens is 420 g/mol. The molecule has 1 aromatic carbocycles. The molecule has 1 fully saturated rings. The molecule has 0 radical (unpaired) electrons. The molecule has 2 atom stereocenters. The van der Waals surface area contributed by atoms with Gasteiger partial charge in [-0.1, -0.05) is 40.5 Å². The molecule has 8 heteroatoms. The van der Waals surface area contributed by atoms with Crippen molar-refractivity contribution in [2.24, 2.45) is 11.3 Å². The number of nitrogens with zero attached hydrogens (tertiary/aromatic N) is 3. The van der Waals surface area contributed by atoms with Crippen molar-refractivity contribution in [3.05, 3.63) is 29.8 Å². The number of hydroxylamine groups is 2. The van der Waals surface area contributed by atoms with Crippen LogP contribution in [-0.2, 0) is 9.59 Å². The Kier molecular flexibility index (Phi) is 9.86. The predicted octanol–water partition coefficient (Wildman–Crippen LogP) is 2.81. The maximum Gasteiger partial charge on any atom is 0.233 e. The van der Waals surface area contributed by atoms with Gasteiger partial charge in [-0.3, -0.25) is 19.6 Å². The number of piperazine rings is 1. The van der Waals surface area contributed by atoms with E-state index in [0.717, 1.165) is 44.7 Å². The number of Topliss-reactive ketones (excluding diaryl/α,β-unsaturated/α-hetero) is 1. The third-order valence-electron chi connectivity index (χ3n) is 6.24. The Morgan fingerprint density at radius 3 is 2.27 bits per heavy atom. The highest BCUT2D eigenvalue weighted by molar-refractivity contribution is 6.02. The molecule has 2 N–H and O–H groups in total. The van der Waals surface area contributed by atoms with Gasteiger partial charge >= 0.3 is 0 Å². The SMILES string of the molecule is CCCCC(CN(O)C=O)C(=O)NC(C(=O)c1ccc(N2CCN(C)CC2)cc1)C(C)(C)C. The number of hydrogen-bond donors (Lipinski definition) is 2. The number of likely N-dealkylation sites (N-methyl/N-ethyl adjacent to an activating group) is 1. The quantitative estimate of drug-likeness (QED) is 0.228. The number of ketones is 1. The first kappa shape index (κ1) is 26.8. The summed E-state index contributed by atoms with van der Waals surface area (Å²) in [7, 11) is 2.11. The van der Waals surface area contributed by atoms with Gasteiger partial charge < -0.3 is 15.1 Å². The summed E-state index contributed by atoms with van der Waals surface area (Å²) in [5, 5.41) is 13.0. The number of rotatable bonds is 11. The van der Waals surface area contributed by atoms with E-state index in [0.29, 0.717) is 23.5 Å². The van der Waals surface area contributed by atoms with E-state index in [1.54, 1.807) is 0 Å². The molecular formula is C25H40N4O4. The van der Waals surface area contributed by atoms with Crippen LogP contribution in [0.3, 0.4) is 0 Å². The Labute approximate surface area is 197 Å². The fourth-order valence-corrected chi connectivity index (χ4v) is 4.03. The van der Waals surface area contributed by atoms with Gasteiger partial charge in [0.1, 0.15) is 0 Å². The number of unbranched alkanes of at least 4 members (excludes halogenated alkanes) is 1. The van der Waals surface area contributed by atoms with E-state index >= 15 is 0 Å². The molecule has 33 heavy (non-hydrogen) atoms. The van der Waals surface area contributed by atoms with Crippen LogP contribution in [-0.4, -0.2) is 79.1 Å². The molecule has 2 rings (SSSR count). The second kappa shape index (κ2) is 12.1. The average Bonchev–Trinajstić information content (AvgIpc) is 2.79. The predicted molar refractivity (Wildman–Crippen MR) is 129 cm³/mol. The minimum Gasteiger partial charge on any atom is -0.369 e. The molecule has 1 aromatic rings. The topological polar surface area (TPSA) is 93.2 Å². The summed E-state index contributed by atoms with van der Waals surface area (Å²) in [6.45, 7) is 11.6. The van der Waals surface area contributed by atoms with Crippen molar-refractivity contribution in [2.45, 2.75) is 53.0 Å². The van der Waals surface area contributed by atoms with Gasteiger partial charge in [0.15, 0.2) is 5.78 Å². The van der Waals surface area contributed by atoms with Crippen LogP contribution in [0.15, 0.2) is 24.3 Å². The van der Waals surface area contributed by atoms with E-state index in [9.17, 15) is 19.6 Å². The number of carbonyl (C=O) groups excluding carboxylic acids is 3. The van der Waals surface area contributed by atoms with Gasteiger partial charge in [0.05, 0.1) is 18.5 Å². The van der Waals surface area contributed by atoms with Gasteiger partial charge in [-0.15, -0.1) is 0 Å². The molecule has 0 bridgehead atoms. The van der Waals surface area contributed by atoms with E-state index in [4.69, 9.17) is 0 Å². The van der Waals surface area contributed by atoms with Crippen LogP contribution in [0, 0.1) is 11.3 Å². The standard InChI is InChI=1S/C25H40N4O4/c1-6-7-8-20(17-29(33)18-30)24(32)26-23(25(2,3)4)22(31)19-9-11-21(12-10-19)28-15-13-27(5)14-16-28/h9-12,18,20,23,33H,6-8,13-17H2,1-5H3,(H,26,32). The van der Waals surface area contributed by atoms with Gasteiger partial charge in [-0.25, -0.2) is 5.06 Å². The smallest absolute Gasteiger partial charge is 0.233 e. The summed E-state index contributed by atoms with van der Waals surface area (Å²) >= 11 is 0. The Hall–Kier alpha value is -2.45. The van der Waals surface area contributed by atoms with E-state index in [-0.39, 0.29) is 18.2 Å². The van der Waals surface area contributed by atoms with Gasteiger partial charge in [0.25, 0.3) is 0 Å². The zero-order chi connectivity index (χ0) is 24.6. The minimum absolute atomic E-state index is 0.0971. The summed E-state index contributed by atoms with van der Waals surface area (Å²) in [6, 6.07) is 6.87. The Morgan fingerprint density at radius 2 is 1.76 bits per heavy atom. The van der Waals surface area contributed by atoms with Gasteiger partial charge in [-0.05, 0) is 43.1 Å². The van der Waals surface area contributed by atoms with Crippen LogP contribution >= 0.6 is 0 Å². The first-order valence-corrected chi connectivity index (χ1v) is 11.9. The number of anilines is 1. The molecule has 1 aliphatic rings. The second-order valence-electron chi connectivity index (χ2n) is 10.1. The minimum atomic E-state index is -0.730. The molecule has 1 saturated heterocycles. The number of amides is 2. The van der Waals surface area contributed by atoms with Crippen LogP contribution < -0.4 is 10.2 Å². The summed E-state index contributed by atoms with van der Waals surface area (Å²) in [5.41, 5.74) is 1.13. The van der Waals surface area contributed by atoms with Gasteiger partial charge in [0, 0.05) is 37.4 Å². The molecule has 8 nitrogen and oxygen atoms in total. The fourth-order valence-electron chi connectivity index (χ4n) is 4.03. The lowest BCUT2D eigenvalue weighted by Gasteiger charge is -2.34. The highest BCUT2D eigenvalue weighted by Crippen LogP contribution is 2.25. The second-order valence-corrected chi connectivity index (χ2v) is 10.1. The summed E-state index contributed by atoms with van der Waals surface area (Å²) < 4.78 is 0. The Bertz CT molecular complexity index is 783. The van der Waals surface area contributed by atoms with Gasteiger partial charge in [-0.2, -0.15) is 0 Å². The van der Waals surface area contributed by atoms with Crippen molar-refractivity contribution in [3.63, 3.8) is 0 Å². The molecule has 2 amide bonds. The summed E-state index contributed by atoms with van der Waals surface area (Å²) in [6.07, 6.45) is 2.49. The third kappa shape index (κ3) is 7.82. The largest absolute Gasteiger partial charge is 0.369 e. The van der Waals surface area contributed by atoms with Crippen LogP contribution in [0.25, 0.3) is 0 Å². The maximum atomic E-state index is 13.4. The first-order valence-electron chi connectivity index (χ1n) is 11.9. The van der Waals surface area contributed by atoms with Crippen molar-refractivity contribution < 1.29 is 19.6 Å². The molecule has 0 aliphatic carbocycles. The van der Waals surface area contributed by atoms with Crippen molar-refractivity contribution in [1.82, 2.24) is 15.3 Å². The number of carbonyl (C=O) groups is 3. The lowest BCUT2D eigenvalue weighted by atomic mass is 9.81. The highest BCUT2D eigenvalue weighted by atomic mass is 16.5. The first-order chi connectivity index (χ1) is 15.6. The highest BCUT2D eigenvalue weighted by Gasteiger charge is 2.35. The van der Waals surface area contributed by atoms with Crippen LogP contribution in [0.4, 0.5) is 5.69 Å². The number of nitrogens with one attached hydrogen (secondary N) is 1. The zero-order valence-corrected chi connectivity index (χ0v) is 20.7. The molecule has 0 saturated carbocycles. The lowest BCUT2D eigenvalue weighted by Crippen LogP contribution is -2.52. The van der Waals surface area contributed by atoms with Crippen molar-refractivity contribution in [1.29, 1.82) is 0 Å². The monoisotopic (exact) mass is 460 g/mol. The molecule has 1 aliphatic heterocycles. The fraction of sp³-hybridized carbons (Fsp3) is 0.640. The van der Waals surface area contributed by atoms with E-state index < -0.39 is 17.4 Å². The number of hydrogen-bond acceptors (Lipinski definition) is 6. The van der Waals surface area contributed by atoms with E-state index in [2.05, 4.69) is 22.2 Å². The van der Waals surface area contributed by atoms with Gasteiger partial charge in [0.2, 0.25) is 12.3 Å². The summed E-state index contributed by atoms with van der Waals surface area (Å²) in [5.74, 6) is -1.06. The molecule has 2 unspecified atom stereocenters. The average molecular weight is 461 g/mol. The van der Waals surface area contributed by atoms with Crippen LogP contribution in [0.1, 0.15) is 57.3 Å². The summed E-state index contributed by atoms with van der Waals surface area (Å²) in [4.78, 5) is 41.9. The Morgan fingerprint density at radius 1 is 1.15 bits per heavy atom. The zero-order valence-electron chi connectivity index (χ0n) is 20.7. The van der Waals surface area contributed by atoms with Crippen molar-refractivity contribution >= 4 is 23.8 Å². The van der Waals surface area contributed by atoms with Crippen molar-refractivity contribution in [2.75, 3.05) is 44.7 Å². The molecule has 0 aromatic heterocycles. The maximum absolute atomic E-state index is 13.4. The Balaban J connectivity index is 2.15. The molecule has 1 heterocycles. The molecule has 0 spiro atoms. The van der Waals surface area contributed by atoms with Crippen molar-refractivity contribution in [3.8, 4) is 0 Å². The van der Waals surface area contributed by atoms with Crippen LogP contribution in [0.2, 0.25) is 0 Å². The third-order valence-corrected chi connectivity index (χ3v) is 6.24.